The largest absolute Gasteiger partial charge is 0.295 e. The zero-order valence-corrected chi connectivity index (χ0v) is 14.0. The Morgan fingerprint density at radius 2 is 2.13 bits per heavy atom. The van der Waals surface area contributed by atoms with E-state index >= 15 is 0 Å². The normalized spacial score (nSPS) is 12.0. The number of amides is 1. The van der Waals surface area contributed by atoms with E-state index in [-0.39, 0.29) is 18.5 Å². The molecule has 2 aromatic heterocycles. The predicted molar refractivity (Wildman–Crippen MR) is 91.3 cm³/mol. The Morgan fingerprint density at radius 1 is 1.39 bits per heavy atom. The molecule has 2 aromatic rings. The molecule has 120 valence electrons. The summed E-state index contributed by atoms with van der Waals surface area (Å²) in [5, 5.41) is 4.40. The van der Waals surface area contributed by atoms with Crippen molar-refractivity contribution in [2.75, 3.05) is 11.4 Å². The Bertz CT molecular complexity index is 712. The van der Waals surface area contributed by atoms with Crippen molar-refractivity contribution in [2.24, 2.45) is 5.92 Å². The van der Waals surface area contributed by atoms with Gasteiger partial charge in [-0.05, 0) is 31.9 Å². The van der Waals surface area contributed by atoms with Crippen LogP contribution in [0, 0.1) is 25.2 Å². The first-order valence-electron chi connectivity index (χ1n) is 7.66. The van der Waals surface area contributed by atoms with E-state index in [4.69, 9.17) is 6.42 Å². The molecule has 0 saturated heterocycles. The SMILES string of the molecule is C#CCN(C(=O)c1cnn([C@H](C)C(C)C)c1C)c1cccnc1. The molecule has 0 aromatic carbocycles. The maximum Gasteiger partial charge on any atom is 0.262 e. The fourth-order valence-corrected chi connectivity index (χ4v) is 2.36. The van der Waals surface area contributed by atoms with Crippen molar-refractivity contribution in [3.05, 3.63) is 42.0 Å². The van der Waals surface area contributed by atoms with E-state index in [0.717, 1.165) is 5.69 Å². The molecule has 23 heavy (non-hydrogen) atoms. The van der Waals surface area contributed by atoms with Gasteiger partial charge in [-0.3, -0.25) is 19.4 Å². The van der Waals surface area contributed by atoms with E-state index in [2.05, 4.69) is 36.8 Å². The molecule has 0 spiro atoms. The van der Waals surface area contributed by atoms with Crippen molar-refractivity contribution in [1.29, 1.82) is 0 Å². The van der Waals surface area contributed by atoms with Crippen LogP contribution in [0.15, 0.2) is 30.7 Å². The first-order valence-corrected chi connectivity index (χ1v) is 7.66. The summed E-state index contributed by atoms with van der Waals surface area (Å²) in [6, 6.07) is 3.82. The minimum atomic E-state index is -0.157. The lowest BCUT2D eigenvalue weighted by atomic mass is 10.1. The highest BCUT2D eigenvalue weighted by Gasteiger charge is 2.23. The van der Waals surface area contributed by atoms with Crippen LogP contribution in [-0.4, -0.2) is 27.2 Å². The molecule has 5 heteroatoms. The molecule has 0 aliphatic heterocycles. The van der Waals surface area contributed by atoms with Gasteiger partial charge in [0.25, 0.3) is 5.91 Å². The molecule has 2 heterocycles. The van der Waals surface area contributed by atoms with Crippen LogP contribution < -0.4 is 4.90 Å². The second-order valence-corrected chi connectivity index (χ2v) is 5.88. The third-order valence-corrected chi connectivity index (χ3v) is 4.08. The molecule has 5 nitrogen and oxygen atoms in total. The van der Waals surface area contributed by atoms with Crippen LogP contribution in [0.5, 0.6) is 0 Å². The lowest BCUT2D eigenvalue weighted by molar-refractivity contribution is 0.0989. The summed E-state index contributed by atoms with van der Waals surface area (Å²) in [7, 11) is 0. The van der Waals surface area contributed by atoms with Crippen molar-refractivity contribution >= 4 is 11.6 Å². The molecule has 0 aliphatic carbocycles. The summed E-state index contributed by atoms with van der Waals surface area (Å²) in [6.45, 7) is 8.46. The van der Waals surface area contributed by atoms with E-state index in [0.29, 0.717) is 17.2 Å². The zero-order valence-electron chi connectivity index (χ0n) is 14.0. The van der Waals surface area contributed by atoms with E-state index in [1.54, 1.807) is 29.6 Å². The first-order chi connectivity index (χ1) is 11.0. The number of terminal acetylenes is 1. The number of carbonyl (C=O) groups is 1. The smallest absolute Gasteiger partial charge is 0.262 e. The third kappa shape index (κ3) is 3.42. The van der Waals surface area contributed by atoms with Crippen molar-refractivity contribution in [1.82, 2.24) is 14.8 Å². The predicted octanol–water partition coefficient (Wildman–Crippen LogP) is 3.08. The number of pyridine rings is 1. The minimum absolute atomic E-state index is 0.157. The molecule has 0 N–H and O–H groups in total. The quantitative estimate of drug-likeness (QED) is 0.797. The minimum Gasteiger partial charge on any atom is -0.295 e. The Labute approximate surface area is 137 Å². The lowest BCUT2D eigenvalue weighted by Crippen LogP contribution is -2.31. The van der Waals surface area contributed by atoms with Gasteiger partial charge in [0, 0.05) is 11.9 Å². The zero-order chi connectivity index (χ0) is 17.0. The molecule has 0 bridgehead atoms. The summed E-state index contributed by atoms with van der Waals surface area (Å²) in [4.78, 5) is 18.5. The highest BCUT2D eigenvalue weighted by Crippen LogP contribution is 2.22. The topological polar surface area (TPSA) is 51.0 Å². The van der Waals surface area contributed by atoms with Crippen LogP contribution in [0.25, 0.3) is 0 Å². The van der Waals surface area contributed by atoms with Crippen molar-refractivity contribution in [3.63, 3.8) is 0 Å². The van der Waals surface area contributed by atoms with Crippen molar-refractivity contribution < 1.29 is 4.79 Å². The van der Waals surface area contributed by atoms with Gasteiger partial charge in [0.1, 0.15) is 0 Å². The monoisotopic (exact) mass is 310 g/mol. The number of aromatic nitrogens is 3. The number of rotatable bonds is 5. The molecule has 0 aliphatic rings. The second kappa shape index (κ2) is 7.10. The Balaban J connectivity index is 2.37. The van der Waals surface area contributed by atoms with Gasteiger partial charge in [-0.2, -0.15) is 5.10 Å². The van der Waals surface area contributed by atoms with Gasteiger partial charge >= 0.3 is 0 Å². The number of carbonyl (C=O) groups excluding carboxylic acids is 1. The average Bonchev–Trinajstić information content (AvgIpc) is 2.93. The highest BCUT2D eigenvalue weighted by atomic mass is 16.2. The number of nitrogens with zero attached hydrogens (tertiary/aromatic N) is 4. The number of hydrogen-bond acceptors (Lipinski definition) is 3. The Hall–Kier alpha value is -2.61. The first kappa shape index (κ1) is 16.8. The molecular formula is C18H22N4O. The van der Waals surface area contributed by atoms with E-state index in [9.17, 15) is 4.79 Å². The van der Waals surface area contributed by atoms with Crippen LogP contribution in [0.1, 0.15) is 42.9 Å². The van der Waals surface area contributed by atoms with Crippen molar-refractivity contribution in [3.8, 4) is 12.3 Å². The Morgan fingerprint density at radius 3 is 2.70 bits per heavy atom. The van der Waals surface area contributed by atoms with Gasteiger partial charge in [0.15, 0.2) is 0 Å². The second-order valence-electron chi connectivity index (χ2n) is 5.88. The molecule has 1 atom stereocenters. The standard InChI is InChI=1S/C18H22N4O/c1-6-10-21(16-8-7-9-19-11-16)18(23)17-12-20-22(15(17)5)14(4)13(2)3/h1,7-9,11-14H,10H2,2-5H3/t14-/m1/s1. The maximum absolute atomic E-state index is 12.9. The van der Waals surface area contributed by atoms with Crippen LogP contribution >= 0.6 is 0 Å². The molecule has 0 unspecified atom stereocenters. The summed E-state index contributed by atoms with van der Waals surface area (Å²) >= 11 is 0. The van der Waals surface area contributed by atoms with Gasteiger partial charge in [0.05, 0.1) is 36.2 Å². The summed E-state index contributed by atoms with van der Waals surface area (Å²) < 4.78 is 1.90. The fraction of sp³-hybridized carbons (Fsp3) is 0.389. The molecule has 1 amide bonds. The maximum atomic E-state index is 12.9. The van der Waals surface area contributed by atoms with Gasteiger partial charge in [-0.25, -0.2) is 0 Å². The van der Waals surface area contributed by atoms with E-state index in [1.807, 2.05) is 17.7 Å². The Kier molecular flexibility index (Phi) is 5.17. The summed E-state index contributed by atoms with van der Waals surface area (Å²) in [6.07, 6.45) is 10.3. The summed E-state index contributed by atoms with van der Waals surface area (Å²) in [5.74, 6) is 2.80. The average molecular weight is 310 g/mol. The number of hydrogen-bond donors (Lipinski definition) is 0. The van der Waals surface area contributed by atoms with Gasteiger partial charge in [-0.1, -0.05) is 19.8 Å². The van der Waals surface area contributed by atoms with Crippen LogP contribution in [0.4, 0.5) is 5.69 Å². The fourth-order valence-electron chi connectivity index (χ4n) is 2.36. The molecular weight excluding hydrogens is 288 g/mol. The van der Waals surface area contributed by atoms with Crippen molar-refractivity contribution in [2.45, 2.75) is 33.7 Å². The van der Waals surface area contributed by atoms with Gasteiger partial charge in [0.2, 0.25) is 0 Å². The van der Waals surface area contributed by atoms with Crippen LogP contribution in [-0.2, 0) is 0 Å². The van der Waals surface area contributed by atoms with Gasteiger partial charge in [-0.15, -0.1) is 6.42 Å². The molecule has 0 fully saturated rings. The molecule has 0 radical (unpaired) electrons. The summed E-state index contributed by atoms with van der Waals surface area (Å²) in [5.41, 5.74) is 2.10. The van der Waals surface area contributed by atoms with E-state index in [1.165, 1.54) is 0 Å². The lowest BCUT2D eigenvalue weighted by Gasteiger charge is -2.21. The van der Waals surface area contributed by atoms with Crippen LogP contribution in [0.2, 0.25) is 0 Å². The molecule has 2 rings (SSSR count). The van der Waals surface area contributed by atoms with Crippen LogP contribution in [0.3, 0.4) is 0 Å². The number of anilines is 1. The van der Waals surface area contributed by atoms with Gasteiger partial charge < -0.3 is 0 Å². The highest BCUT2D eigenvalue weighted by molar-refractivity contribution is 6.06. The third-order valence-electron chi connectivity index (χ3n) is 4.08. The van der Waals surface area contributed by atoms with E-state index < -0.39 is 0 Å². The molecule has 0 saturated carbocycles.